The van der Waals surface area contributed by atoms with E-state index in [1.165, 1.54) is 51.0 Å². The number of hydrogen-bond acceptors (Lipinski definition) is 2. The van der Waals surface area contributed by atoms with Crippen LogP contribution in [0.4, 0.5) is 0 Å². The van der Waals surface area contributed by atoms with Crippen molar-refractivity contribution in [1.82, 2.24) is 0 Å². The summed E-state index contributed by atoms with van der Waals surface area (Å²) in [5.41, 5.74) is 1.95. The zero-order valence-corrected chi connectivity index (χ0v) is 18.1. The van der Waals surface area contributed by atoms with Crippen LogP contribution in [0.5, 0.6) is 5.75 Å². The van der Waals surface area contributed by atoms with E-state index < -0.39 is 8.07 Å². The predicted molar refractivity (Wildman–Crippen MR) is 111 cm³/mol. The van der Waals surface area contributed by atoms with Crippen LogP contribution in [0.1, 0.15) is 57.4 Å². The predicted octanol–water partition coefficient (Wildman–Crippen LogP) is 5.46. The van der Waals surface area contributed by atoms with Gasteiger partial charge >= 0.3 is 0 Å². The maximum absolute atomic E-state index is 6.09. The topological polar surface area (TPSA) is 18.5 Å². The van der Waals surface area contributed by atoms with Crippen molar-refractivity contribution in [3.05, 3.63) is 23.8 Å². The molecule has 3 heteroatoms. The first-order chi connectivity index (χ1) is 12.5. The van der Waals surface area contributed by atoms with Crippen LogP contribution in [-0.2, 0) is 10.2 Å². The number of rotatable bonds is 8. The second-order valence-electron chi connectivity index (χ2n) is 9.95. The highest BCUT2D eigenvalue weighted by Crippen LogP contribution is 2.66. The summed E-state index contributed by atoms with van der Waals surface area (Å²) in [5, 5.41) is 1.63. The third kappa shape index (κ3) is 3.05. The van der Waals surface area contributed by atoms with E-state index >= 15 is 0 Å². The average molecular weight is 373 g/mol. The third-order valence-electron chi connectivity index (χ3n) is 7.77. The van der Waals surface area contributed by atoms with Gasteiger partial charge in [0.1, 0.15) is 5.75 Å². The van der Waals surface area contributed by atoms with Gasteiger partial charge in [0, 0.05) is 18.1 Å². The number of hydrogen-bond donors (Lipinski definition) is 0. The Hall–Kier alpha value is -0.803. The second-order valence-corrected chi connectivity index (χ2v) is 14.8. The van der Waals surface area contributed by atoms with Crippen molar-refractivity contribution < 1.29 is 9.47 Å². The van der Waals surface area contributed by atoms with Crippen molar-refractivity contribution in [2.24, 2.45) is 17.8 Å². The molecule has 4 bridgehead atoms. The van der Waals surface area contributed by atoms with Crippen LogP contribution >= 0.6 is 0 Å². The molecule has 1 aromatic rings. The van der Waals surface area contributed by atoms with Crippen molar-refractivity contribution in [2.45, 2.75) is 76.4 Å². The van der Waals surface area contributed by atoms with Gasteiger partial charge < -0.3 is 9.47 Å². The molecule has 1 aromatic carbocycles. The summed E-state index contributed by atoms with van der Waals surface area (Å²) < 4.78 is 11.3. The lowest BCUT2D eigenvalue weighted by Gasteiger charge is -2.36. The van der Waals surface area contributed by atoms with Gasteiger partial charge in [0.2, 0.25) is 0 Å². The van der Waals surface area contributed by atoms with Gasteiger partial charge in [0.15, 0.2) is 6.79 Å². The summed E-state index contributed by atoms with van der Waals surface area (Å²) in [6.07, 6.45) is 9.86. The van der Waals surface area contributed by atoms with Gasteiger partial charge in [-0.15, -0.1) is 0 Å². The van der Waals surface area contributed by atoms with E-state index in [4.69, 9.17) is 9.47 Å². The molecule has 0 saturated heterocycles. The maximum Gasteiger partial charge on any atom is 0.188 e. The molecule has 4 fully saturated rings. The molecule has 2 atom stereocenters. The van der Waals surface area contributed by atoms with Crippen molar-refractivity contribution in [2.75, 3.05) is 13.9 Å². The molecule has 5 rings (SSSR count). The molecule has 4 aliphatic carbocycles. The Kier molecular flexibility index (Phi) is 4.98. The van der Waals surface area contributed by atoms with Crippen LogP contribution in [0.2, 0.25) is 19.1 Å². The summed E-state index contributed by atoms with van der Waals surface area (Å²) in [6.45, 7) is 7.77. The lowest BCUT2D eigenvalue weighted by Crippen LogP contribution is -2.42. The van der Waals surface area contributed by atoms with Crippen LogP contribution in [0.15, 0.2) is 18.2 Å². The summed E-state index contributed by atoms with van der Waals surface area (Å²) in [5.74, 6) is 3.93. The fraction of sp³-hybridized carbons (Fsp3) is 0.739. The van der Waals surface area contributed by atoms with E-state index in [1.54, 1.807) is 17.9 Å². The minimum absolute atomic E-state index is 0.358. The number of unbranched alkanes of at least 4 members (excludes halogenated alkanes) is 1. The Balaban J connectivity index is 1.72. The van der Waals surface area contributed by atoms with E-state index in [-0.39, 0.29) is 0 Å². The minimum Gasteiger partial charge on any atom is -0.467 e. The molecular formula is C23H36O2Si. The number of methoxy groups -OCH3 is 1. The van der Waals surface area contributed by atoms with Crippen molar-refractivity contribution in [1.29, 1.82) is 0 Å². The van der Waals surface area contributed by atoms with Gasteiger partial charge in [0.05, 0.1) is 8.07 Å². The molecule has 0 spiro atoms. The lowest BCUT2D eigenvalue weighted by atomic mass is 9.71. The van der Waals surface area contributed by atoms with Gasteiger partial charge in [0.25, 0.3) is 0 Å². The Morgan fingerprint density at radius 1 is 1.12 bits per heavy atom. The highest BCUT2D eigenvalue weighted by atomic mass is 28.3. The van der Waals surface area contributed by atoms with Gasteiger partial charge in [-0.3, -0.25) is 0 Å². The SMILES string of the molecule is CCCC[Si](C)(C)c1ccc(OCOC)c(C23CC4CC(CC2C4)C3)c1. The van der Waals surface area contributed by atoms with Crippen molar-refractivity contribution >= 4 is 13.3 Å². The largest absolute Gasteiger partial charge is 0.467 e. The zero-order chi connectivity index (χ0) is 18.4. The average Bonchev–Trinajstić information content (AvgIpc) is 3.03. The van der Waals surface area contributed by atoms with Crippen molar-refractivity contribution in [3.8, 4) is 5.75 Å². The molecule has 0 amide bonds. The Morgan fingerprint density at radius 3 is 2.50 bits per heavy atom. The first-order valence-corrected chi connectivity index (χ1v) is 14.0. The molecular weight excluding hydrogens is 336 g/mol. The van der Waals surface area contributed by atoms with Gasteiger partial charge in [-0.25, -0.2) is 0 Å². The van der Waals surface area contributed by atoms with Crippen molar-refractivity contribution in [3.63, 3.8) is 0 Å². The lowest BCUT2D eigenvalue weighted by molar-refractivity contribution is 0.0491. The highest BCUT2D eigenvalue weighted by molar-refractivity contribution is 6.89. The summed E-state index contributed by atoms with van der Waals surface area (Å²) in [7, 11) is 0.342. The molecule has 2 nitrogen and oxygen atoms in total. The molecule has 0 N–H and O–H groups in total. The van der Waals surface area contributed by atoms with Gasteiger partial charge in [-0.2, -0.15) is 0 Å². The molecule has 0 aromatic heterocycles. The van der Waals surface area contributed by atoms with Crippen LogP contribution < -0.4 is 9.92 Å². The van der Waals surface area contributed by atoms with Crippen LogP contribution in [0, 0.1) is 17.8 Å². The van der Waals surface area contributed by atoms with Gasteiger partial charge in [-0.05, 0) is 55.9 Å². The molecule has 144 valence electrons. The Labute approximate surface area is 160 Å². The van der Waals surface area contributed by atoms with Crippen LogP contribution in [-0.4, -0.2) is 22.0 Å². The van der Waals surface area contributed by atoms with Crippen LogP contribution in [0.25, 0.3) is 0 Å². The molecule has 0 aliphatic heterocycles. The maximum atomic E-state index is 6.09. The van der Waals surface area contributed by atoms with E-state index in [9.17, 15) is 0 Å². The van der Waals surface area contributed by atoms with Crippen LogP contribution in [0.3, 0.4) is 0 Å². The monoisotopic (exact) mass is 372 g/mol. The fourth-order valence-electron chi connectivity index (χ4n) is 6.59. The summed E-state index contributed by atoms with van der Waals surface area (Å²) in [6, 6.07) is 8.63. The molecule has 4 saturated carbocycles. The van der Waals surface area contributed by atoms with Gasteiger partial charge in [-0.1, -0.05) is 56.2 Å². The normalized spacial score (nSPS) is 32.4. The Morgan fingerprint density at radius 2 is 1.85 bits per heavy atom. The smallest absolute Gasteiger partial charge is 0.188 e. The quantitative estimate of drug-likeness (QED) is 0.445. The first-order valence-electron chi connectivity index (χ1n) is 10.8. The highest BCUT2D eigenvalue weighted by Gasteiger charge is 2.59. The van der Waals surface area contributed by atoms with E-state index in [0.717, 1.165) is 23.5 Å². The zero-order valence-electron chi connectivity index (χ0n) is 17.1. The van der Waals surface area contributed by atoms with E-state index in [0.29, 0.717) is 12.2 Å². The summed E-state index contributed by atoms with van der Waals surface area (Å²) >= 11 is 0. The Bertz CT molecular complexity index is 640. The molecule has 2 unspecified atom stereocenters. The van der Waals surface area contributed by atoms with E-state index in [1.807, 2.05) is 0 Å². The first kappa shape index (κ1) is 18.6. The standard InChI is InChI=1S/C23H36O2Si/c1-5-6-9-26(3,4)20-7-8-22(25-16-24-2)21(13-20)23-14-17-10-18(15-23)12-19(23)11-17/h7-8,13,17-19H,5-6,9-12,14-16H2,1-4H3. The molecule has 0 radical (unpaired) electrons. The summed E-state index contributed by atoms with van der Waals surface area (Å²) in [4.78, 5) is 0. The second kappa shape index (κ2) is 6.98. The molecule has 4 aliphatic rings. The third-order valence-corrected chi connectivity index (χ3v) is 11.3. The number of ether oxygens (including phenoxy) is 2. The number of benzene rings is 1. The minimum atomic E-state index is -1.38. The fourth-order valence-corrected chi connectivity index (χ4v) is 9.18. The molecule has 26 heavy (non-hydrogen) atoms. The molecule has 0 heterocycles. The van der Waals surface area contributed by atoms with E-state index in [2.05, 4.69) is 38.2 Å².